The van der Waals surface area contributed by atoms with E-state index in [9.17, 15) is 18.0 Å². The van der Waals surface area contributed by atoms with Crippen molar-refractivity contribution >= 4 is 23.4 Å². The van der Waals surface area contributed by atoms with Crippen molar-refractivity contribution in [2.24, 2.45) is 0 Å². The number of aromatic nitrogens is 2. The molecule has 0 spiro atoms. The third kappa shape index (κ3) is 4.54. The van der Waals surface area contributed by atoms with E-state index in [0.717, 1.165) is 36.9 Å². The lowest BCUT2D eigenvalue weighted by atomic mass is 10.1. The molecule has 0 aromatic carbocycles. The quantitative estimate of drug-likeness (QED) is 0.752. The molecule has 1 fully saturated rings. The number of hydrogen-bond acceptors (Lipinski definition) is 6. The Kier molecular flexibility index (Phi) is 5.75. The van der Waals surface area contributed by atoms with Crippen LogP contribution in [0.15, 0.2) is 35.6 Å². The lowest BCUT2D eigenvalue weighted by Gasteiger charge is -2.32. The minimum absolute atomic E-state index is 0.00455. The van der Waals surface area contributed by atoms with Gasteiger partial charge in [0.2, 0.25) is 5.91 Å². The molecule has 1 amide bonds. The standard InChI is InChI=1S/C19H19F3N4O2S/c20-19(21,22)14-1-2-15(23-11-14)13-9-16-18(24-10-13)29-12-17(27)26(16)4-3-25-5-7-28-8-6-25/h1-2,9-11H,3-8,12H2. The molecule has 0 N–H and O–H groups in total. The summed E-state index contributed by atoms with van der Waals surface area (Å²) in [7, 11) is 0. The Balaban J connectivity index is 1.56. The highest BCUT2D eigenvalue weighted by atomic mass is 32.2. The molecule has 6 nitrogen and oxygen atoms in total. The second-order valence-corrected chi connectivity index (χ2v) is 7.73. The summed E-state index contributed by atoms with van der Waals surface area (Å²) < 4.78 is 43.7. The maximum atomic E-state index is 12.8. The average molecular weight is 424 g/mol. The molecule has 0 saturated carbocycles. The Bertz CT molecular complexity index is 886. The monoisotopic (exact) mass is 424 g/mol. The molecule has 0 bridgehead atoms. The highest BCUT2D eigenvalue weighted by molar-refractivity contribution is 8.00. The van der Waals surface area contributed by atoms with E-state index in [1.165, 1.54) is 17.8 Å². The van der Waals surface area contributed by atoms with Crippen LogP contribution in [-0.2, 0) is 15.7 Å². The molecule has 29 heavy (non-hydrogen) atoms. The second-order valence-electron chi connectivity index (χ2n) is 6.77. The molecule has 0 unspecified atom stereocenters. The van der Waals surface area contributed by atoms with Crippen LogP contribution in [0, 0.1) is 0 Å². The molecule has 0 atom stereocenters. The van der Waals surface area contributed by atoms with E-state index in [1.54, 1.807) is 17.2 Å². The molecule has 0 radical (unpaired) electrons. The highest BCUT2D eigenvalue weighted by Gasteiger charge is 2.31. The van der Waals surface area contributed by atoms with Gasteiger partial charge in [0.15, 0.2) is 0 Å². The van der Waals surface area contributed by atoms with Crippen LogP contribution in [0.25, 0.3) is 11.3 Å². The van der Waals surface area contributed by atoms with Crippen molar-refractivity contribution in [2.75, 3.05) is 50.0 Å². The molecule has 1 saturated heterocycles. The van der Waals surface area contributed by atoms with E-state index in [1.807, 2.05) is 0 Å². The summed E-state index contributed by atoms with van der Waals surface area (Å²) >= 11 is 1.37. The normalized spacial score (nSPS) is 18.0. The first-order chi connectivity index (χ1) is 13.9. The first kappa shape index (κ1) is 20.1. The number of fused-ring (bicyclic) bond motifs is 1. The summed E-state index contributed by atoms with van der Waals surface area (Å²) in [5, 5.41) is 0.738. The molecule has 154 valence electrons. The fourth-order valence-electron chi connectivity index (χ4n) is 3.27. The third-order valence-corrected chi connectivity index (χ3v) is 5.87. The zero-order chi connectivity index (χ0) is 20.4. The van der Waals surface area contributed by atoms with Crippen molar-refractivity contribution in [3.05, 3.63) is 36.2 Å². The molecular formula is C19H19F3N4O2S. The van der Waals surface area contributed by atoms with E-state index in [4.69, 9.17) is 4.74 Å². The fourth-order valence-corrected chi connectivity index (χ4v) is 4.13. The molecular weight excluding hydrogens is 405 g/mol. The first-order valence-corrected chi connectivity index (χ1v) is 10.2. The summed E-state index contributed by atoms with van der Waals surface area (Å²) in [5.41, 5.74) is 0.831. The number of hydrogen-bond donors (Lipinski definition) is 0. The topological polar surface area (TPSA) is 58.6 Å². The van der Waals surface area contributed by atoms with Crippen molar-refractivity contribution in [1.82, 2.24) is 14.9 Å². The zero-order valence-electron chi connectivity index (χ0n) is 15.5. The van der Waals surface area contributed by atoms with Gasteiger partial charge in [-0.3, -0.25) is 14.7 Å². The Hall–Kier alpha value is -2.17. The first-order valence-electron chi connectivity index (χ1n) is 9.19. The predicted molar refractivity (Wildman–Crippen MR) is 103 cm³/mol. The number of amides is 1. The van der Waals surface area contributed by atoms with Crippen LogP contribution in [0.2, 0.25) is 0 Å². The minimum atomic E-state index is -4.43. The number of anilines is 1. The number of carbonyl (C=O) groups is 1. The summed E-state index contributed by atoms with van der Waals surface area (Å²) in [6.45, 7) is 4.28. The Morgan fingerprint density at radius 1 is 1.10 bits per heavy atom. The number of alkyl halides is 3. The Labute approximate surface area is 170 Å². The number of thioether (sulfide) groups is 1. The fraction of sp³-hybridized carbons (Fsp3) is 0.421. The molecule has 2 aliphatic rings. The largest absolute Gasteiger partial charge is 0.417 e. The van der Waals surface area contributed by atoms with Crippen LogP contribution < -0.4 is 4.90 Å². The van der Waals surface area contributed by atoms with Crippen molar-refractivity contribution in [3.8, 4) is 11.3 Å². The van der Waals surface area contributed by atoms with Crippen molar-refractivity contribution in [3.63, 3.8) is 0 Å². The SMILES string of the molecule is O=C1CSc2ncc(-c3ccc(C(F)(F)F)cn3)cc2N1CCN1CCOCC1. The molecule has 4 rings (SSSR count). The predicted octanol–water partition coefficient (Wildman–Crippen LogP) is 2.93. The van der Waals surface area contributed by atoms with Crippen LogP contribution in [0.5, 0.6) is 0 Å². The lowest BCUT2D eigenvalue weighted by Crippen LogP contribution is -2.44. The van der Waals surface area contributed by atoms with Gasteiger partial charge in [-0.2, -0.15) is 13.2 Å². The number of nitrogens with zero attached hydrogens (tertiary/aromatic N) is 4. The highest BCUT2D eigenvalue weighted by Crippen LogP contribution is 2.36. The maximum absolute atomic E-state index is 12.8. The third-order valence-electron chi connectivity index (χ3n) is 4.89. The van der Waals surface area contributed by atoms with Gasteiger partial charge in [-0.25, -0.2) is 4.98 Å². The van der Waals surface area contributed by atoms with Gasteiger partial charge >= 0.3 is 6.18 Å². The minimum Gasteiger partial charge on any atom is -0.379 e. The van der Waals surface area contributed by atoms with Gasteiger partial charge < -0.3 is 9.64 Å². The number of morpholine rings is 1. The Morgan fingerprint density at radius 3 is 2.59 bits per heavy atom. The van der Waals surface area contributed by atoms with Gasteiger partial charge in [-0.15, -0.1) is 0 Å². The number of pyridine rings is 2. The van der Waals surface area contributed by atoms with Crippen molar-refractivity contribution in [1.29, 1.82) is 0 Å². The summed E-state index contributed by atoms with van der Waals surface area (Å²) in [5.74, 6) is 0.316. The smallest absolute Gasteiger partial charge is 0.379 e. The molecule has 4 heterocycles. The average Bonchev–Trinajstić information content (AvgIpc) is 2.73. The molecule has 10 heteroatoms. The summed E-state index contributed by atoms with van der Waals surface area (Å²) in [6.07, 6.45) is -2.04. The molecule has 2 aromatic rings. The molecule has 2 aromatic heterocycles. The van der Waals surface area contributed by atoms with Gasteiger partial charge in [-0.05, 0) is 18.2 Å². The number of carbonyl (C=O) groups excluding carboxylic acids is 1. The number of halogens is 3. The van der Waals surface area contributed by atoms with E-state index in [0.29, 0.717) is 42.5 Å². The van der Waals surface area contributed by atoms with E-state index in [-0.39, 0.29) is 5.91 Å². The van der Waals surface area contributed by atoms with Crippen LogP contribution in [-0.4, -0.2) is 65.9 Å². The van der Waals surface area contributed by atoms with Gasteiger partial charge in [0.25, 0.3) is 0 Å². The molecule has 2 aliphatic heterocycles. The van der Waals surface area contributed by atoms with E-state index >= 15 is 0 Å². The van der Waals surface area contributed by atoms with E-state index in [2.05, 4.69) is 14.9 Å². The van der Waals surface area contributed by atoms with Gasteiger partial charge in [0, 0.05) is 44.1 Å². The summed E-state index contributed by atoms with van der Waals surface area (Å²) in [4.78, 5) is 24.8. The van der Waals surface area contributed by atoms with Crippen LogP contribution in [0.4, 0.5) is 18.9 Å². The van der Waals surface area contributed by atoms with Crippen LogP contribution in [0.3, 0.4) is 0 Å². The summed E-state index contributed by atoms with van der Waals surface area (Å²) in [6, 6.07) is 4.10. The van der Waals surface area contributed by atoms with Gasteiger partial charge in [-0.1, -0.05) is 11.8 Å². The second kappa shape index (κ2) is 8.29. The van der Waals surface area contributed by atoms with E-state index < -0.39 is 11.7 Å². The van der Waals surface area contributed by atoms with Crippen LogP contribution in [0.1, 0.15) is 5.56 Å². The lowest BCUT2D eigenvalue weighted by molar-refractivity contribution is -0.137. The number of ether oxygens (including phenoxy) is 1. The van der Waals surface area contributed by atoms with Gasteiger partial charge in [0.1, 0.15) is 5.03 Å². The molecule has 0 aliphatic carbocycles. The maximum Gasteiger partial charge on any atom is 0.417 e. The Morgan fingerprint density at radius 2 is 1.90 bits per heavy atom. The van der Waals surface area contributed by atoms with Crippen molar-refractivity contribution < 1.29 is 22.7 Å². The number of rotatable bonds is 4. The van der Waals surface area contributed by atoms with Crippen molar-refractivity contribution in [2.45, 2.75) is 11.2 Å². The van der Waals surface area contributed by atoms with Crippen LogP contribution >= 0.6 is 11.8 Å². The zero-order valence-corrected chi connectivity index (χ0v) is 16.3. The van der Waals surface area contributed by atoms with Gasteiger partial charge in [0.05, 0.1) is 35.9 Å².